The van der Waals surface area contributed by atoms with Crippen molar-refractivity contribution >= 4 is 10.8 Å². The molecule has 0 saturated carbocycles. The number of hydrogen-bond donors (Lipinski definition) is 0. The van der Waals surface area contributed by atoms with Gasteiger partial charge < -0.3 is 9.26 Å². The predicted octanol–water partition coefficient (Wildman–Crippen LogP) is 5.25. The lowest BCUT2D eigenvalue weighted by molar-refractivity contribution is 0.340. The molecule has 7 heteroatoms. The van der Waals surface area contributed by atoms with E-state index in [1.54, 1.807) is 30.5 Å². The number of benzene rings is 3. The molecule has 6 nitrogen and oxygen atoms in total. The molecule has 0 spiro atoms. The minimum atomic E-state index is -0.375. The highest BCUT2D eigenvalue weighted by molar-refractivity contribution is 5.94. The third kappa shape index (κ3) is 3.54. The fourth-order valence-corrected chi connectivity index (χ4v) is 3.57. The predicted molar refractivity (Wildman–Crippen MR) is 119 cm³/mol. The molecule has 0 unspecified atom stereocenters. The number of nitrogens with zero attached hydrogens (tertiary/aromatic N) is 3. The van der Waals surface area contributed by atoms with Gasteiger partial charge in [-0.1, -0.05) is 23.4 Å². The quantitative estimate of drug-likeness (QED) is 0.383. The Morgan fingerprint density at radius 3 is 2.41 bits per heavy atom. The SMILES string of the molecule is CCOc1ccc(-c2noc(-c3cn(-c4ccc(F)cc4)c(=O)c4ccccc34)n2)cc1. The van der Waals surface area contributed by atoms with Crippen LogP contribution in [-0.2, 0) is 0 Å². The Kier molecular flexibility index (Phi) is 4.99. The summed E-state index contributed by atoms with van der Waals surface area (Å²) in [6.45, 7) is 2.51. The molecule has 0 aliphatic carbocycles. The van der Waals surface area contributed by atoms with Crippen molar-refractivity contribution in [3.63, 3.8) is 0 Å². The van der Waals surface area contributed by atoms with Crippen molar-refractivity contribution in [2.24, 2.45) is 0 Å². The van der Waals surface area contributed by atoms with Gasteiger partial charge >= 0.3 is 0 Å². The molecule has 0 N–H and O–H groups in total. The number of halogens is 1. The molecule has 2 aromatic heterocycles. The minimum Gasteiger partial charge on any atom is -0.494 e. The summed E-state index contributed by atoms with van der Waals surface area (Å²) in [6, 6.07) is 20.3. The number of rotatable bonds is 5. The fourth-order valence-electron chi connectivity index (χ4n) is 3.57. The Hall–Kier alpha value is -4.26. The second kappa shape index (κ2) is 8.11. The van der Waals surface area contributed by atoms with Gasteiger partial charge in [-0.15, -0.1) is 0 Å². The molecule has 0 saturated heterocycles. The van der Waals surface area contributed by atoms with Gasteiger partial charge in [-0.2, -0.15) is 4.98 Å². The highest BCUT2D eigenvalue weighted by Crippen LogP contribution is 2.29. The van der Waals surface area contributed by atoms with Crippen LogP contribution in [0.4, 0.5) is 4.39 Å². The zero-order valence-corrected chi connectivity index (χ0v) is 17.2. The fraction of sp³-hybridized carbons (Fsp3) is 0.0800. The van der Waals surface area contributed by atoms with Gasteiger partial charge in [0.25, 0.3) is 11.4 Å². The van der Waals surface area contributed by atoms with Crippen LogP contribution < -0.4 is 10.3 Å². The Bertz CT molecular complexity index is 1460. The van der Waals surface area contributed by atoms with Crippen LogP contribution in [0.1, 0.15) is 6.92 Å². The molecule has 3 aromatic carbocycles. The van der Waals surface area contributed by atoms with Crippen LogP contribution in [-0.4, -0.2) is 21.3 Å². The first-order valence-electron chi connectivity index (χ1n) is 10.1. The maximum Gasteiger partial charge on any atom is 0.262 e. The molecule has 5 rings (SSSR count). The molecular formula is C25H18FN3O3. The molecule has 0 amide bonds. The van der Waals surface area contributed by atoms with Gasteiger partial charge in [0.05, 0.1) is 12.2 Å². The number of fused-ring (bicyclic) bond motifs is 1. The highest BCUT2D eigenvalue weighted by Gasteiger charge is 2.17. The lowest BCUT2D eigenvalue weighted by atomic mass is 10.1. The molecule has 32 heavy (non-hydrogen) atoms. The summed E-state index contributed by atoms with van der Waals surface area (Å²) in [6.07, 6.45) is 1.65. The van der Waals surface area contributed by atoms with Crippen LogP contribution in [0.15, 0.2) is 88.3 Å². The first kappa shape index (κ1) is 19.7. The van der Waals surface area contributed by atoms with Crippen LogP contribution >= 0.6 is 0 Å². The van der Waals surface area contributed by atoms with Crippen molar-refractivity contribution in [2.75, 3.05) is 6.61 Å². The molecule has 0 fully saturated rings. The molecule has 0 bridgehead atoms. The number of aromatic nitrogens is 3. The van der Waals surface area contributed by atoms with Gasteiger partial charge in [0.1, 0.15) is 11.6 Å². The number of hydrogen-bond acceptors (Lipinski definition) is 5. The summed E-state index contributed by atoms with van der Waals surface area (Å²) in [5.41, 5.74) is 1.70. The summed E-state index contributed by atoms with van der Waals surface area (Å²) in [5.74, 6) is 1.09. The van der Waals surface area contributed by atoms with Crippen LogP contribution in [0.3, 0.4) is 0 Å². The van der Waals surface area contributed by atoms with Crippen molar-refractivity contribution < 1.29 is 13.7 Å². The first-order chi connectivity index (χ1) is 15.6. The van der Waals surface area contributed by atoms with Gasteiger partial charge in [-0.05, 0) is 61.5 Å². The van der Waals surface area contributed by atoms with E-state index in [-0.39, 0.29) is 17.3 Å². The van der Waals surface area contributed by atoms with Crippen molar-refractivity contribution in [1.82, 2.24) is 14.7 Å². The van der Waals surface area contributed by atoms with Gasteiger partial charge in [-0.25, -0.2) is 4.39 Å². The average molecular weight is 427 g/mol. The van der Waals surface area contributed by atoms with E-state index in [4.69, 9.17) is 9.26 Å². The standard InChI is InChI=1S/C25H18FN3O3/c1-2-31-19-13-7-16(8-14-19)23-27-24(32-28-23)22-15-29(18-11-9-17(26)10-12-18)25(30)21-6-4-3-5-20(21)22/h3-15H,2H2,1H3. The third-order valence-electron chi connectivity index (χ3n) is 5.11. The second-order valence-electron chi connectivity index (χ2n) is 7.12. The van der Waals surface area contributed by atoms with Gasteiger partial charge in [0, 0.05) is 28.2 Å². The monoisotopic (exact) mass is 427 g/mol. The van der Waals surface area contributed by atoms with Crippen molar-refractivity contribution in [3.05, 3.63) is 95.2 Å². The Morgan fingerprint density at radius 1 is 0.969 bits per heavy atom. The van der Waals surface area contributed by atoms with Crippen molar-refractivity contribution in [1.29, 1.82) is 0 Å². The van der Waals surface area contributed by atoms with E-state index in [9.17, 15) is 9.18 Å². The minimum absolute atomic E-state index is 0.220. The highest BCUT2D eigenvalue weighted by atomic mass is 19.1. The zero-order valence-electron chi connectivity index (χ0n) is 17.2. The molecule has 0 atom stereocenters. The van der Waals surface area contributed by atoms with E-state index in [2.05, 4.69) is 10.1 Å². The summed E-state index contributed by atoms with van der Waals surface area (Å²) < 4.78 is 25.9. The Balaban J connectivity index is 1.63. The summed E-state index contributed by atoms with van der Waals surface area (Å²) in [7, 11) is 0. The van der Waals surface area contributed by atoms with Crippen molar-refractivity contribution in [2.45, 2.75) is 6.92 Å². The molecule has 0 aliphatic heterocycles. The smallest absolute Gasteiger partial charge is 0.262 e. The summed E-state index contributed by atoms with van der Waals surface area (Å²) >= 11 is 0. The van der Waals surface area contributed by atoms with E-state index in [0.717, 1.165) is 11.3 Å². The summed E-state index contributed by atoms with van der Waals surface area (Å²) in [5, 5.41) is 5.31. The number of ether oxygens (including phenoxy) is 1. The number of pyridine rings is 1. The topological polar surface area (TPSA) is 70.2 Å². The Morgan fingerprint density at radius 2 is 1.69 bits per heavy atom. The van der Waals surface area contributed by atoms with E-state index in [1.807, 2.05) is 43.3 Å². The zero-order chi connectivity index (χ0) is 22.1. The van der Waals surface area contributed by atoms with Crippen LogP contribution in [0, 0.1) is 5.82 Å². The maximum atomic E-state index is 13.4. The molecule has 2 heterocycles. The lowest BCUT2D eigenvalue weighted by Crippen LogP contribution is -2.18. The van der Waals surface area contributed by atoms with Gasteiger partial charge in [-0.3, -0.25) is 9.36 Å². The van der Waals surface area contributed by atoms with Gasteiger partial charge in [0.15, 0.2) is 0 Å². The van der Waals surface area contributed by atoms with Gasteiger partial charge in [0.2, 0.25) is 5.82 Å². The normalized spacial score (nSPS) is 11.1. The largest absolute Gasteiger partial charge is 0.494 e. The van der Waals surface area contributed by atoms with E-state index < -0.39 is 0 Å². The third-order valence-corrected chi connectivity index (χ3v) is 5.11. The van der Waals surface area contributed by atoms with E-state index >= 15 is 0 Å². The molecular weight excluding hydrogens is 409 g/mol. The van der Waals surface area contributed by atoms with E-state index in [1.165, 1.54) is 16.7 Å². The van der Waals surface area contributed by atoms with Crippen molar-refractivity contribution in [3.8, 4) is 34.3 Å². The van der Waals surface area contributed by atoms with E-state index in [0.29, 0.717) is 34.5 Å². The Labute approximate surface area is 182 Å². The summed E-state index contributed by atoms with van der Waals surface area (Å²) in [4.78, 5) is 17.7. The second-order valence-corrected chi connectivity index (χ2v) is 7.12. The average Bonchev–Trinajstić information content (AvgIpc) is 3.31. The first-order valence-corrected chi connectivity index (χ1v) is 10.1. The molecule has 0 aliphatic rings. The van der Waals surface area contributed by atoms with Crippen LogP contribution in [0.25, 0.3) is 39.3 Å². The van der Waals surface area contributed by atoms with Crippen LogP contribution in [0.5, 0.6) is 5.75 Å². The molecule has 5 aromatic rings. The lowest BCUT2D eigenvalue weighted by Gasteiger charge is -2.10. The van der Waals surface area contributed by atoms with Crippen LogP contribution in [0.2, 0.25) is 0 Å². The molecule has 0 radical (unpaired) electrons. The molecule has 158 valence electrons. The maximum absolute atomic E-state index is 13.4.